The molecule has 4 heteroatoms. The van der Waals surface area contributed by atoms with Gasteiger partial charge in [0.2, 0.25) is 11.8 Å². The van der Waals surface area contributed by atoms with E-state index in [1.165, 1.54) is 12.0 Å². The molecule has 1 atom stereocenters. The fourth-order valence-corrected chi connectivity index (χ4v) is 4.01. The number of hydrogen-bond donors (Lipinski definition) is 0. The highest BCUT2D eigenvalue weighted by molar-refractivity contribution is 5.89. The smallest absolute Gasteiger partial charge is 0.232 e. The summed E-state index contributed by atoms with van der Waals surface area (Å²) < 4.78 is 0. The van der Waals surface area contributed by atoms with Crippen molar-refractivity contribution in [3.05, 3.63) is 35.4 Å². The Morgan fingerprint density at radius 1 is 0.960 bits per heavy atom. The molecule has 0 spiro atoms. The minimum Gasteiger partial charge on any atom is -0.342 e. The molecule has 0 saturated carbocycles. The molecule has 0 aromatic heterocycles. The maximum atomic E-state index is 13.1. The van der Waals surface area contributed by atoms with Crippen LogP contribution in [0.4, 0.5) is 0 Å². The van der Waals surface area contributed by atoms with Gasteiger partial charge in [0.15, 0.2) is 0 Å². The van der Waals surface area contributed by atoms with Crippen molar-refractivity contribution in [1.82, 2.24) is 9.80 Å². The predicted molar refractivity (Wildman–Crippen MR) is 99.3 cm³/mol. The molecule has 136 valence electrons. The van der Waals surface area contributed by atoms with Gasteiger partial charge in [0.25, 0.3) is 0 Å². The molecule has 2 amide bonds. The quantitative estimate of drug-likeness (QED) is 0.847. The first-order valence-electron chi connectivity index (χ1n) is 9.55. The number of hydrogen-bond acceptors (Lipinski definition) is 2. The molecule has 2 saturated heterocycles. The van der Waals surface area contributed by atoms with Gasteiger partial charge in [-0.1, -0.05) is 29.8 Å². The Labute approximate surface area is 151 Å². The first-order chi connectivity index (χ1) is 11.9. The third kappa shape index (κ3) is 3.73. The lowest BCUT2D eigenvalue weighted by molar-refractivity contribution is -0.137. The van der Waals surface area contributed by atoms with Crippen molar-refractivity contribution >= 4 is 11.8 Å². The second-order valence-corrected chi connectivity index (χ2v) is 8.11. The number of amides is 2. The van der Waals surface area contributed by atoms with Crippen LogP contribution in [-0.2, 0) is 15.0 Å². The highest BCUT2D eigenvalue weighted by Gasteiger charge is 2.39. The standard InChI is InChI=1S/C21H30N2O2/c1-16-7-9-18(10-8-16)21(2,3)20(25)23-14-11-17(15-23)19(24)22-12-5-4-6-13-22/h7-10,17H,4-6,11-15H2,1-3H3/t17-/m1/s1. The van der Waals surface area contributed by atoms with Crippen LogP contribution in [0.1, 0.15) is 50.7 Å². The van der Waals surface area contributed by atoms with Crippen molar-refractivity contribution in [2.24, 2.45) is 5.92 Å². The van der Waals surface area contributed by atoms with E-state index in [1.807, 2.05) is 35.8 Å². The third-order valence-electron chi connectivity index (χ3n) is 5.80. The summed E-state index contributed by atoms with van der Waals surface area (Å²) in [6.45, 7) is 9.06. The third-order valence-corrected chi connectivity index (χ3v) is 5.80. The van der Waals surface area contributed by atoms with Crippen molar-refractivity contribution in [1.29, 1.82) is 0 Å². The second kappa shape index (κ2) is 7.19. The van der Waals surface area contributed by atoms with Gasteiger partial charge in [-0.2, -0.15) is 0 Å². The Kier molecular flexibility index (Phi) is 5.16. The van der Waals surface area contributed by atoms with E-state index in [1.54, 1.807) is 0 Å². The molecule has 2 heterocycles. The number of aryl methyl sites for hydroxylation is 1. The Balaban J connectivity index is 1.65. The van der Waals surface area contributed by atoms with Crippen LogP contribution >= 0.6 is 0 Å². The minimum atomic E-state index is -0.559. The van der Waals surface area contributed by atoms with Crippen LogP contribution in [0.15, 0.2) is 24.3 Å². The van der Waals surface area contributed by atoms with Crippen molar-refractivity contribution in [3.63, 3.8) is 0 Å². The predicted octanol–water partition coefficient (Wildman–Crippen LogP) is 3.13. The van der Waals surface area contributed by atoms with E-state index in [0.29, 0.717) is 13.1 Å². The monoisotopic (exact) mass is 342 g/mol. The fraction of sp³-hybridized carbons (Fsp3) is 0.619. The SMILES string of the molecule is Cc1ccc(C(C)(C)C(=O)N2CC[C@@H](C(=O)N3CCCCC3)C2)cc1. The maximum Gasteiger partial charge on any atom is 0.232 e. The summed E-state index contributed by atoms with van der Waals surface area (Å²) in [7, 11) is 0. The van der Waals surface area contributed by atoms with Crippen LogP contribution in [0, 0.1) is 12.8 Å². The van der Waals surface area contributed by atoms with Gasteiger partial charge in [0.05, 0.1) is 11.3 Å². The summed E-state index contributed by atoms with van der Waals surface area (Å²) >= 11 is 0. The molecular weight excluding hydrogens is 312 g/mol. The highest BCUT2D eigenvalue weighted by atomic mass is 16.2. The lowest BCUT2D eigenvalue weighted by Gasteiger charge is -2.31. The van der Waals surface area contributed by atoms with E-state index in [2.05, 4.69) is 19.1 Å². The summed E-state index contributed by atoms with van der Waals surface area (Å²) in [5.74, 6) is 0.365. The van der Waals surface area contributed by atoms with Crippen molar-refractivity contribution in [2.75, 3.05) is 26.2 Å². The molecule has 1 aromatic rings. The van der Waals surface area contributed by atoms with Gasteiger partial charge in [-0.15, -0.1) is 0 Å². The zero-order valence-corrected chi connectivity index (χ0v) is 15.8. The Bertz CT molecular complexity index is 630. The minimum absolute atomic E-state index is 0.0177. The molecule has 3 rings (SSSR count). The van der Waals surface area contributed by atoms with Crippen molar-refractivity contribution in [3.8, 4) is 0 Å². The average molecular weight is 342 g/mol. The Morgan fingerprint density at radius 3 is 2.24 bits per heavy atom. The highest BCUT2D eigenvalue weighted by Crippen LogP contribution is 2.30. The number of carbonyl (C=O) groups excluding carboxylic acids is 2. The van der Waals surface area contributed by atoms with Gasteiger partial charge in [-0.05, 0) is 52.0 Å². The molecule has 0 unspecified atom stereocenters. The average Bonchev–Trinajstić information content (AvgIpc) is 3.11. The molecule has 0 N–H and O–H groups in total. The van der Waals surface area contributed by atoms with Crippen molar-refractivity contribution < 1.29 is 9.59 Å². The summed E-state index contributed by atoms with van der Waals surface area (Å²) in [5.41, 5.74) is 1.67. The lowest BCUT2D eigenvalue weighted by atomic mass is 9.83. The van der Waals surface area contributed by atoms with Crippen LogP contribution in [0.3, 0.4) is 0 Å². The van der Waals surface area contributed by atoms with Gasteiger partial charge in [-0.25, -0.2) is 0 Å². The van der Waals surface area contributed by atoms with Crippen LogP contribution in [0.2, 0.25) is 0 Å². The van der Waals surface area contributed by atoms with Crippen LogP contribution < -0.4 is 0 Å². The van der Waals surface area contributed by atoms with Gasteiger partial charge in [-0.3, -0.25) is 9.59 Å². The van der Waals surface area contributed by atoms with Gasteiger partial charge in [0.1, 0.15) is 0 Å². The van der Waals surface area contributed by atoms with E-state index in [9.17, 15) is 9.59 Å². The van der Waals surface area contributed by atoms with Gasteiger partial charge in [0, 0.05) is 26.2 Å². The molecule has 0 aliphatic carbocycles. The van der Waals surface area contributed by atoms with Gasteiger partial charge < -0.3 is 9.80 Å². The largest absolute Gasteiger partial charge is 0.342 e. The number of likely N-dealkylation sites (tertiary alicyclic amines) is 2. The molecule has 0 bridgehead atoms. The van der Waals surface area contributed by atoms with E-state index >= 15 is 0 Å². The molecule has 0 radical (unpaired) electrons. The molecule has 2 fully saturated rings. The van der Waals surface area contributed by atoms with E-state index in [0.717, 1.165) is 37.9 Å². The molecule has 25 heavy (non-hydrogen) atoms. The Hall–Kier alpha value is -1.84. The summed E-state index contributed by atoms with van der Waals surface area (Å²) in [6, 6.07) is 8.19. The summed E-state index contributed by atoms with van der Waals surface area (Å²) in [4.78, 5) is 29.7. The van der Waals surface area contributed by atoms with Crippen LogP contribution in [-0.4, -0.2) is 47.8 Å². The molecule has 2 aliphatic heterocycles. The zero-order chi connectivity index (χ0) is 18.0. The Morgan fingerprint density at radius 2 is 1.60 bits per heavy atom. The van der Waals surface area contributed by atoms with Crippen molar-refractivity contribution in [2.45, 2.75) is 51.9 Å². The zero-order valence-electron chi connectivity index (χ0n) is 15.8. The van der Waals surface area contributed by atoms with E-state index in [4.69, 9.17) is 0 Å². The van der Waals surface area contributed by atoms with E-state index in [-0.39, 0.29) is 17.7 Å². The number of benzene rings is 1. The second-order valence-electron chi connectivity index (χ2n) is 8.11. The number of rotatable bonds is 3. The number of nitrogens with zero attached hydrogens (tertiary/aromatic N) is 2. The van der Waals surface area contributed by atoms with Gasteiger partial charge >= 0.3 is 0 Å². The molecular formula is C21H30N2O2. The normalized spacial score (nSPS) is 21.5. The van der Waals surface area contributed by atoms with Crippen LogP contribution in [0.5, 0.6) is 0 Å². The summed E-state index contributed by atoms with van der Waals surface area (Å²) in [5, 5.41) is 0. The lowest BCUT2D eigenvalue weighted by Crippen LogP contribution is -2.44. The first-order valence-corrected chi connectivity index (χ1v) is 9.55. The van der Waals surface area contributed by atoms with Crippen LogP contribution in [0.25, 0.3) is 0 Å². The topological polar surface area (TPSA) is 40.6 Å². The maximum absolute atomic E-state index is 13.1. The number of piperidine rings is 1. The number of carbonyl (C=O) groups is 2. The van der Waals surface area contributed by atoms with E-state index < -0.39 is 5.41 Å². The molecule has 4 nitrogen and oxygen atoms in total. The summed E-state index contributed by atoms with van der Waals surface area (Å²) in [6.07, 6.45) is 4.25. The molecule has 2 aliphatic rings. The first kappa shape index (κ1) is 18.0. The fourth-order valence-electron chi connectivity index (χ4n) is 4.01. The molecule has 1 aromatic carbocycles.